The van der Waals surface area contributed by atoms with E-state index in [0.29, 0.717) is 49.4 Å². The number of carbonyl (C=O) groups excluding carboxylic acids is 2. The zero-order valence-electron chi connectivity index (χ0n) is 21.6. The number of pyridine rings is 1. The number of ether oxygens (including phenoxy) is 3. The van der Waals surface area contributed by atoms with Gasteiger partial charge in [0.05, 0.1) is 35.4 Å². The Hall–Kier alpha value is -4.08. The van der Waals surface area contributed by atoms with E-state index in [2.05, 4.69) is 20.2 Å². The number of esters is 1. The molecule has 0 bridgehead atoms. The molecule has 0 saturated heterocycles. The lowest BCUT2D eigenvalue weighted by molar-refractivity contribution is 0.0600. The lowest BCUT2D eigenvalue weighted by Gasteiger charge is -2.13. The van der Waals surface area contributed by atoms with Crippen molar-refractivity contribution in [3.63, 3.8) is 0 Å². The first-order chi connectivity index (χ1) is 18.7. The number of nitrogens with one attached hydrogen (secondary N) is 1. The molecule has 2 heterocycles. The smallest absolute Gasteiger partial charge is 0.337 e. The van der Waals surface area contributed by atoms with Crippen molar-refractivity contribution in [1.29, 1.82) is 0 Å². The Morgan fingerprint density at radius 3 is 2.26 bits per heavy atom. The summed E-state index contributed by atoms with van der Waals surface area (Å²) in [6.45, 7) is 4.02. The van der Waals surface area contributed by atoms with E-state index >= 15 is 0 Å². The van der Waals surface area contributed by atoms with Crippen LogP contribution < -0.4 is 14.8 Å². The van der Waals surface area contributed by atoms with Crippen molar-refractivity contribution in [1.82, 2.24) is 10.1 Å². The summed E-state index contributed by atoms with van der Waals surface area (Å²) in [5.74, 6) is 0.155. The number of hydrogen-bond acceptors (Lipinski definition) is 8. The molecule has 39 heavy (non-hydrogen) atoms. The highest BCUT2D eigenvalue weighted by Gasteiger charge is 2.24. The van der Waals surface area contributed by atoms with Gasteiger partial charge in [0.25, 0.3) is 5.91 Å². The second-order valence-corrected chi connectivity index (χ2v) is 9.46. The van der Waals surface area contributed by atoms with E-state index in [4.69, 9.17) is 37.2 Å². The molecule has 11 heteroatoms. The highest BCUT2D eigenvalue weighted by molar-refractivity contribution is 6.39. The number of nitrogens with zero attached hydrogens (tertiary/aromatic N) is 2. The van der Waals surface area contributed by atoms with Crippen LogP contribution in [-0.4, -0.2) is 36.2 Å². The monoisotopic (exact) mass is 569 g/mol. The predicted octanol–water partition coefficient (Wildman–Crippen LogP) is 6.79. The first-order valence-corrected chi connectivity index (χ1v) is 12.6. The number of anilines is 1. The fraction of sp³-hybridized carbons (Fsp3) is 0.214. The third-order valence-electron chi connectivity index (χ3n) is 5.75. The van der Waals surface area contributed by atoms with E-state index in [1.54, 1.807) is 30.3 Å². The second kappa shape index (κ2) is 12.2. The number of methoxy groups -OCH3 is 2. The van der Waals surface area contributed by atoms with E-state index in [1.807, 2.05) is 13.8 Å². The van der Waals surface area contributed by atoms with Crippen LogP contribution in [0.2, 0.25) is 10.0 Å². The summed E-state index contributed by atoms with van der Waals surface area (Å²) < 4.78 is 21.7. The minimum atomic E-state index is -0.489. The largest absolute Gasteiger partial charge is 0.479 e. The summed E-state index contributed by atoms with van der Waals surface area (Å²) in [6, 6.07) is 14.5. The molecule has 4 rings (SSSR count). The third-order valence-corrected chi connectivity index (χ3v) is 6.38. The Balaban J connectivity index is 1.53. The molecule has 0 fully saturated rings. The summed E-state index contributed by atoms with van der Waals surface area (Å²) in [6.07, 6.45) is 0. The van der Waals surface area contributed by atoms with Crippen LogP contribution in [0.5, 0.6) is 11.8 Å². The van der Waals surface area contributed by atoms with E-state index in [1.165, 1.54) is 38.5 Å². The molecule has 0 aliphatic rings. The van der Waals surface area contributed by atoms with Crippen molar-refractivity contribution in [3.05, 3.63) is 87.1 Å². The number of benzene rings is 2. The Morgan fingerprint density at radius 1 is 0.974 bits per heavy atom. The van der Waals surface area contributed by atoms with Crippen molar-refractivity contribution in [3.8, 4) is 23.0 Å². The first kappa shape index (κ1) is 27.9. The van der Waals surface area contributed by atoms with Crippen LogP contribution in [0.1, 0.15) is 51.8 Å². The summed E-state index contributed by atoms with van der Waals surface area (Å²) in [4.78, 5) is 28.7. The molecule has 2 aromatic heterocycles. The molecule has 1 amide bonds. The maximum Gasteiger partial charge on any atom is 0.337 e. The van der Waals surface area contributed by atoms with Crippen LogP contribution in [0.4, 0.5) is 5.69 Å². The molecule has 0 spiro atoms. The van der Waals surface area contributed by atoms with Crippen LogP contribution in [0.25, 0.3) is 11.3 Å². The SMILES string of the molecule is COC(=O)c1ccc(C(=O)Nc2ccc(OCc3c(-c4c(Cl)cccc4Cl)noc3C(C)C)nc2OC)cc1. The third kappa shape index (κ3) is 6.16. The van der Waals surface area contributed by atoms with Gasteiger partial charge in [-0.2, -0.15) is 4.98 Å². The predicted molar refractivity (Wildman–Crippen MR) is 147 cm³/mol. The first-order valence-electron chi connectivity index (χ1n) is 11.8. The van der Waals surface area contributed by atoms with Crippen molar-refractivity contribution in [2.24, 2.45) is 0 Å². The molecular formula is C28H25Cl2N3O6. The normalized spacial score (nSPS) is 10.8. The molecule has 0 aliphatic carbocycles. The number of carbonyl (C=O) groups is 2. The lowest BCUT2D eigenvalue weighted by atomic mass is 10.0. The number of hydrogen-bond donors (Lipinski definition) is 1. The molecule has 0 aliphatic heterocycles. The van der Waals surface area contributed by atoms with E-state index in [0.717, 1.165) is 0 Å². The number of amides is 1. The highest BCUT2D eigenvalue weighted by Crippen LogP contribution is 2.39. The van der Waals surface area contributed by atoms with Gasteiger partial charge < -0.3 is 24.1 Å². The number of halogens is 2. The Bertz CT molecular complexity index is 1480. The molecule has 2 aromatic carbocycles. The van der Waals surface area contributed by atoms with Crippen molar-refractivity contribution < 1.29 is 28.3 Å². The summed E-state index contributed by atoms with van der Waals surface area (Å²) in [5, 5.41) is 7.85. The van der Waals surface area contributed by atoms with Crippen LogP contribution >= 0.6 is 23.2 Å². The summed E-state index contributed by atoms with van der Waals surface area (Å²) in [7, 11) is 2.72. The van der Waals surface area contributed by atoms with Gasteiger partial charge >= 0.3 is 5.97 Å². The molecule has 9 nitrogen and oxygen atoms in total. The quantitative estimate of drug-likeness (QED) is 0.219. The van der Waals surface area contributed by atoms with Gasteiger partial charge in [-0.1, -0.05) is 48.3 Å². The van der Waals surface area contributed by atoms with Gasteiger partial charge in [-0.25, -0.2) is 4.79 Å². The van der Waals surface area contributed by atoms with E-state index < -0.39 is 11.9 Å². The van der Waals surface area contributed by atoms with Gasteiger partial charge in [0.2, 0.25) is 11.8 Å². The average Bonchev–Trinajstić information content (AvgIpc) is 3.35. The van der Waals surface area contributed by atoms with Crippen LogP contribution in [0, 0.1) is 0 Å². The summed E-state index contributed by atoms with van der Waals surface area (Å²) >= 11 is 12.8. The Labute approximate surface area is 235 Å². The van der Waals surface area contributed by atoms with Gasteiger partial charge in [-0.05, 0) is 42.5 Å². The molecule has 4 aromatic rings. The molecule has 0 radical (unpaired) electrons. The van der Waals surface area contributed by atoms with Gasteiger partial charge in [0.1, 0.15) is 23.7 Å². The van der Waals surface area contributed by atoms with E-state index in [9.17, 15) is 9.59 Å². The molecule has 0 atom stereocenters. The van der Waals surface area contributed by atoms with Gasteiger partial charge in [-0.3, -0.25) is 4.79 Å². The standard InChI is InChI=1S/C28H25Cl2N3O6/c1-15(2)25-18(24(33-39-25)23-19(29)6-5-7-20(23)30)14-38-22-13-12-21(27(32-22)36-3)31-26(34)16-8-10-17(11-9-16)28(35)37-4/h5-13,15H,14H2,1-4H3,(H,31,34). The summed E-state index contributed by atoms with van der Waals surface area (Å²) in [5.41, 5.74) is 2.74. The Kier molecular flexibility index (Phi) is 8.73. The molecule has 202 valence electrons. The van der Waals surface area contributed by atoms with Crippen molar-refractivity contribution >= 4 is 40.8 Å². The van der Waals surface area contributed by atoms with Crippen LogP contribution in [0.3, 0.4) is 0 Å². The van der Waals surface area contributed by atoms with E-state index in [-0.39, 0.29) is 24.3 Å². The van der Waals surface area contributed by atoms with Crippen LogP contribution in [0.15, 0.2) is 59.1 Å². The molecular weight excluding hydrogens is 545 g/mol. The van der Waals surface area contributed by atoms with Crippen LogP contribution in [-0.2, 0) is 11.3 Å². The minimum absolute atomic E-state index is 0.0212. The average molecular weight is 570 g/mol. The minimum Gasteiger partial charge on any atom is -0.479 e. The van der Waals surface area contributed by atoms with Crippen molar-refractivity contribution in [2.75, 3.05) is 19.5 Å². The maximum absolute atomic E-state index is 12.7. The zero-order valence-corrected chi connectivity index (χ0v) is 23.1. The number of aromatic nitrogens is 2. The zero-order chi connectivity index (χ0) is 28.1. The molecule has 0 unspecified atom stereocenters. The lowest BCUT2D eigenvalue weighted by Crippen LogP contribution is -2.13. The Morgan fingerprint density at radius 2 is 1.64 bits per heavy atom. The highest BCUT2D eigenvalue weighted by atomic mass is 35.5. The second-order valence-electron chi connectivity index (χ2n) is 8.64. The fourth-order valence-electron chi connectivity index (χ4n) is 3.81. The van der Waals surface area contributed by atoms with Crippen molar-refractivity contribution in [2.45, 2.75) is 26.4 Å². The fourth-order valence-corrected chi connectivity index (χ4v) is 4.38. The van der Waals surface area contributed by atoms with Gasteiger partial charge in [0, 0.05) is 23.1 Å². The van der Waals surface area contributed by atoms with Gasteiger partial charge in [-0.15, -0.1) is 0 Å². The topological polar surface area (TPSA) is 113 Å². The maximum atomic E-state index is 12.7. The van der Waals surface area contributed by atoms with Gasteiger partial charge in [0.15, 0.2) is 0 Å². The molecule has 0 saturated carbocycles. The molecule has 1 N–H and O–H groups in total. The number of rotatable bonds is 9.